The molecule has 110 valence electrons. The quantitative estimate of drug-likeness (QED) is 0.840. The summed E-state index contributed by atoms with van der Waals surface area (Å²) in [7, 11) is 0. The molecule has 0 bridgehead atoms. The first-order chi connectivity index (χ1) is 9.28. The number of hydrogen-bond acceptors (Lipinski definition) is 3. The van der Waals surface area contributed by atoms with E-state index in [1.807, 2.05) is 20.8 Å². The summed E-state index contributed by atoms with van der Waals surface area (Å²) in [6.07, 6.45) is 3.17. The van der Waals surface area contributed by atoms with Gasteiger partial charge in [0.15, 0.2) is 0 Å². The number of nitrogens with one attached hydrogen (secondary N) is 1. The Morgan fingerprint density at radius 1 is 1.45 bits per heavy atom. The fraction of sp³-hybridized carbons (Fsp3) is 0.571. The summed E-state index contributed by atoms with van der Waals surface area (Å²) in [5, 5.41) is 0. The number of H-pyrrole nitrogens is 1. The van der Waals surface area contributed by atoms with Gasteiger partial charge in [-0.1, -0.05) is 0 Å². The third kappa shape index (κ3) is 3.42. The summed E-state index contributed by atoms with van der Waals surface area (Å²) >= 11 is 3.30. The average Bonchev–Trinajstić information content (AvgIpc) is 2.93. The standard InChI is InChI=1S/C14H19BrN2O3/c1-14(2,3)20-13(19)11-5-4-6-17(11)12(18)10-7-9(15)8-16-10/h7-8,11,16H,4-6H2,1-3H3/t11-/m1/s1. The van der Waals surface area contributed by atoms with Gasteiger partial charge in [0.1, 0.15) is 17.3 Å². The minimum atomic E-state index is -0.538. The monoisotopic (exact) mass is 342 g/mol. The molecule has 1 N–H and O–H groups in total. The van der Waals surface area contributed by atoms with E-state index in [0.717, 1.165) is 10.9 Å². The summed E-state index contributed by atoms with van der Waals surface area (Å²) in [6, 6.07) is 1.23. The number of nitrogens with zero attached hydrogens (tertiary/aromatic N) is 1. The van der Waals surface area contributed by atoms with Crippen molar-refractivity contribution in [3.63, 3.8) is 0 Å². The lowest BCUT2D eigenvalue weighted by molar-refractivity contribution is -0.159. The number of carbonyl (C=O) groups is 2. The molecule has 1 fully saturated rings. The van der Waals surface area contributed by atoms with Crippen LogP contribution >= 0.6 is 15.9 Å². The Balaban J connectivity index is 2.11. The third-order valence-electron chi connectivity index (χ3n) is 3.07. The Bertz CT molecular complexity index is 519. The first kappa shape index (κ1) is 15.1. The Morgan fingerprint density at radius 3 is 2.70 bits per heavy atom. The van der Waals surface area contributed by atoms with E-state index < -0.39 is 11.6 Å². The van der Waals surface area contributed by atoms with Gasteiger partial charge in [-0.25, -0.2) is 4.79 Å². The van der Waals surface area contributed by atoms with Crippen LogP contribution < -0.4 is 0 Å². The molecule has 1 amide bonds. The molecule has 6 heteroatoms. The number of likely N-dealkylation sites (tertiary alicyclic amines) is 1. The maximum Gasteiger partial charge on any atom is 0.329 e. The van der Waals surface area contributed by atoms with Crippen LogP contribution in [0.25, 0.3) is 0 Å². The highest BCUT2D eigenvalue weighted by atomic mass is 79.9. The topological polar surface area (TPSA) is 62.4 Å². The summed E-state index contributed by atoms with van der Waals surface area (Å²) in [6.45, 7) is 6.07. The number of esters is 1. The van der Waals surface area contributed by atoms with Gasteiger partial charge in [-0.3, -0.25) is 4.79 Å². The number of hydrogen-bond donors (Lipinski definition) is 1. The Kier molecular flexibility index (Phi) is 4.22. The van der Waals surface area contributed by atoms with Crippen molar-refractivity contribution in [1.82, 2.24) is 9.88 Å². The highest BCUT2D eigenvalue weighted by Gasteiger charge is 2.37. The number of ether oxygens (including phenoxy) is 1. The number of aromatic nitrogens is 1. The number of carbonyl (C=O) groups excluding carboxylic acids is 2. The molecule has 1 atom stereocenters. The minimum Gasteiger partial charge on any atom is -0.458 e. The zero-order chi connectivity index (χ0) is 14.9. The summed E-state index contributed by atoms with van der Waals surface area (Å²) in [5.74, 6) is -0.488. The molecule has 0 spiro atoms. The molecule has 20 heavy (non-hydrogen) atoms. The van der Waals surface area contributed by atoms with Gasteiger partial charge < -0.3 is 14.6 Å². The van der Waals surface area contributed by atoms with E-state index in [4.69, 9.17) is 4.74 Å². The predicted molar refractivity (Wildman–Crippen MR) is 78.4 cm³/mol. The van der Waals surface area contributed by atoms with Crippen LogP contribution in [-0.2, 0) is 9.53 Å². The van der Waals surface area contributed by atoms with E-state index in [9.17, 15) is 9.59 Å². The average molecular weight is 343 g/mol. The second kappa shape index (κ2) is 5.60. The van der Waals surface area contributed by atoms with Gasteiger partial charge in [-0.05, 0) is 55.6 Å². The molecule has 1 aromatic heterocycles. The van der Waals surface area contributed by atoms with Gasteiger partial charge in [-0.15, -0.1) is 0 Å². The maximum atomic E-state index is 12.4. The molecule has 1 aromatic rings. The van der Waals surface area contributed by atoms with Crippen LogP contribution in [0, 0.1) is 0 Å². The summed E-state index contributed by atoms with van der Waals surface area (Å²) in [4.78, 5) is 29.1. The molecule has 1 saturated heterocycles. The third-order valence-corrected chi connectivity index (χ3v) is 3.53. The van der Waals surface area contributed by atoms with Crippen LogP contribution in [0.15, 0.2) is 16.7 Å². The van der Waals surface area contributed by atoms with Crippen LogP contribution in [0.4, 0.5) is 0 Å². The van der Waals surface area contributed by atoms with Crippen LogP contribution in [-0.4, -0.2) is 39.9 Å². The van der Waals surface area contributed by atoms with Gasteiger partial charge >= 0.3 is 5.97 Å². The number of amides is 1. The second-order valence-corrected chi connectivity index (χ2v) is 6.84. The van der Waals surface area contributed by atoms with E-state index in [0.29, 0.717) is 18.7 Å². The molecular formula is C14H19BrN2O3. The highest BCUT2D eigenvalue weighted by Crippen LogP contribution is 2.23. The van der Waals surface area contributed by atoms with Gasteiger partial charge in [0, 0.05) is 17.2 Å². The van der Waals surface area contributed by atoms with Crippen LogP contribution in [0.1, 0.15) is 44.1 Å². The predicted octanol–water partition coefficient (Wildman–Crippen LogP) is 2.72. The van der Waals surface area contributed by atoms with E-state index in [1.165, 1.54) is 0 Å². The van der Waals surface area contributed by atoms with Crippen LogP contribution in [0.2, 0.25) is 0 Å². The molecule has 0 aromatic carbocycles. The molecule has 2 heterocycles. The smallest absolute Gasteiger partial charge is 0.329 e. The molecule has 0 radical (unpaired) electrons. The molecule has 0 saturated carbocycles. The van der Waals surface area contributed by atoms with Gasteiger partial charge in [0.2, 0.25) is 0 Å². The van der Waals surface area contributed by atoms with Crippen LogP contribution in [0.5, 0.6) is 0 Å². The zero-order valence-corrected chi connectivity index (χ0v) is 13.5. The summed E-state index contributed by atoms with van der Waals surface area (Å²) in [5.41, 5.74) is -0.0588. The fourth-order valence-corrected chi connectivity index (χ4v) is 2.61. The van der Waals surface area contributed by atoms with Gasteiger partial charge in [0.25, 0.3) is 5.91 Å². The highest BCUT2D eigenvalue weighted by molar-refractivity contribution is 9.10. The molecule has 0 aliphatic carbocycles. The fourth-order valence-electron chi connectivity index (χ4n) is 2.27. The van der Waals surface area contributed by atoms with Gasteiger partial charge in [-0.2, -0.15) is 0 Å². The molecule has 1 aliphatic heterocycles. The van der Waals surface area contributed by atoms with Gasteiger partial charge in [0.05, 0.1) is 0 Å². The summed E-state index contributed by atoms with van der Waals surface area (Å²) < 4.78 is 6.20. The van der Waals surface area contributed by atoms with E-state index >= 15 is 0 Å². The van der Waals surface area contributed by atoms with E-state index in [2.05, 4.69) is 20.9 Å². The number of aromatic amines is 1. The lowest BCUT2D eigenvalue weighted by Crippen LogP contribution is -2.43. The van der Waals surface area contributed by atoms with Crippen molar-refractivity contribution in [3.05, 3.63) is 22.4 Å². The lowest BCUT2D eigenvalue weighted by atomic mass is 10.1. The SMILES string of the molecule is CC(C)(C)OC(=O)[C@H]1CCCN1C(=O)c1cc(Br)c[nH]1. The second-order valence-electron chi connectivity index (χ2n) is 5.92. The number of rotatable bonds is 2. The maximum absolute atomic E-state index is 12.4. The van der Waals surface area contributed by atoms with Crippen molar-refractivity contribution in [1.29, 1.82) is 0 Å². The molecular weight excluding hydrogens is 324 g/mol. The van der Waals surface area contributed by atoms with Crippen molar-refractivity contribution < 1.29 is 14.3 Å². The molecule has 1 aliphatic rings. The van der Waals surface area contributed by atoms with Crippen molar-refractivity contribution in [3.8, 4) is 0 Å². The molecule has 2 rings (SSSR count). The largest absolute Gasteiger partial charge is 0.458 e. The molecule has 0 unspecified atom stereocenters. The lowest BCUT2D eigenvalue weighted by Gasteiger charge is -2.27. The zero-order valence-electron chi connectivity index (χ0n) is 11.9. The van der Waals surface area contributed by atoms with E-state index in [1.54, 1.807) is 17.2 Å². The van der Waals surface area contributed by atoms with Crippen molar-refractivity contribution >= 4 is 27.8 Å². The normalized spacial score (nSPS) is 19.2. The minimum absolute atomic E-state index is 0.163. The van der Waals surface area contributed by atoms with Crippen molar-refractivity contribution in [2.24, 2.45) is 0 Å². The first-order valence-electron chi connectivity index (χ1n) is 6.66. The Morgan fingerprint density at radius 2 is 2.15 bits per heavy atom. The van der Waals surface area contributed by atoms with Crippen molar-refractivity contribution in [2.45, 2.75) is 45.3 Å². The number of halogens is 1. The first-order valence-corrected chi connectivity index (χ1v) is 7.45. The molecule has 5 nitrogen and oxygen atoms in total. The van der Waals surface area contributed by atoms with Crippen molar-refractivity contribution in [2.75, 3.05) is 6.54 Å². The van der Waals surface area contributed by atoms with E-state index in [-0.39, 0.29) is 11.9 Å². The van der Waals surface area contributed by atoms with Crippen LogP contribution in [0.3, 0.4) is 0 Å². The Hall–Kier alpha value is -1.30. The Labute approximate surface area is 126 Å².